The van der Waals surface area contributed by atoms with Crippen molar-refractivity contribution in [2.24, 2.45) is 0 Å². The van der Waals surface area contributed by atoms with Gasteiger partial charge in [-0.1, -0.05) is 6.08 Å². The smallest absolute Gasteiger partial charge is 0.407 e. The van der Waals surface area contributed by atoms with Gasteiger partial charge in [-0.15, -0.1) is 0 Å². The Morgan fingerprint density at radius 1 is 1.40 bits per heavy atom. The highest BCUT2D eigenvalue weighted by Gasteiger charge is 2.33. The van der Waals surface area contributed by atoms with Crippen LogP contribution in [0, 0.1) is 0 Å². The lowest BCUT2D eigenvalue weighted by Crippen LogP contribution is -2.55. The van der Waals surface area contributed by atoms with Crippen molar-refractivity contribution in [2.45, 2.75) is 12.5 Å². The number of nitrogens with zero attached hydrogens (tertiary/aromatic N) is 3. The molecule has 1 amide bonds. The van der Waals surface area contributed by atoms with Crippen molar-refractivity contribution in [2.75, 3.05) is 26.3 Å². The van der Waals surface area contributed by atoms with Gasteiger partial charge in [0, 0.05) is 12.4 Å². The van der Waals surface area contributed by atoms with Gasteiger partial charge in [0.05, 0.1) is 26.3 Å². The van der Waals surface area contributed by atoms with Crippen molar-refractivity contribution >= 4 is 11.7 Å². The van der Waals surface area contributed by atoms with E-state index in [9.17, 15) is 4.79 Å². The van der Waals surface area contributed by atoms with Crippen molar-refractivity contribution in [3.05, 3.63) is 24.2 Å². The van der Waals surface area contributed by atoms with E-state index in [1.807, 2.05) is 6.08 Å². The van der Waals surface area contributed by atoms with Crippen molar-refractivity contribution in [3.63, 3.8) is 0 Å². The molecule has 1 saturated heterocycles. The molecule has 0 atom stereocenters. The van der Waals surface area contributed by atoms with E-state index in [2.05, 4.69) is 9.97 Å². The number of likely N-dealkylation sites (tertiary alicyclic amines) is 1. The minimum atomic E-state index is -0.920. The molecule has 0 spiro atoms. The Kier molecular flexibility index (Phi) is 3.51. The standard InChI is InChI=1S/C13H15N3O4/c17-13(18)16-7-10(8-16)20-12-11(14-3-4-15-12)9-1-5-19-6-2-9/h1,3-4,10H,2,5-8H2,(H,17,18). The maximum absolute atomic E-state index is 10.7. The second-order valence-corrected chi connectivity index (χ2v) is 4.69. The zero-order valence-electron chi connectivity index (χ0n) is 10.9. The van der Waals surface area contributed by atoms with Crippen LogP contribution in [0.2, 0.25) is 0 Å². The van der Waals surface area contributed by atoms with Crippen LogP contribution in [0.3, 0.4) is 0 Å². The summed E-state index contributed by atoms with van der Waals surface area (Å²) in [5.41, 5.74) is 1.79. The van der Waals surface area contributed by atoms with Crippen molar-refractivity contribution in [1.82, 2.24) is 14.9 Å². The Bertz CT molecular complexity index is 540. The molecule has 7 heteroatoms. The third-order valence-corrected chi connectivity index (χ3v) is 3.33. The average Bonchev–Trinajstić information content (AvgIpc) is 2.43. The maximum Gasteiger partial charge on any atom is 0.407 e. The molecule has 0 aromatic carbocycles. The Morgan fingerprint density at radius 3 is 2.90 bits per heavy atom. The van der Waals surface area contributed by atoms with E-state index >= 15 is 0 Å². The predicted molar refractivity (Wildman–Crippen MR) is 69.5 cm³/mol. The zero-order valence-corrected chi connectivity index (χ0v) is 10.9. The second kappa shape index (κ2) is 5.46. The highest BCUT2D eigenvalue weighted by Crippen LogP contribution is 2.27. The fourth-order valence-electron chi connectivity index (χ4n) is 2.20. The molecule has 0 saturated carbocycles. The van der Waals surface area contributed by atoms with Gasteiger partial charge in [-0.3, -0.25) is 0 Å². The van der Waals surface area contributed by atoms with E-state index in [0.29, 0.717) is 32.2 Å². The van der Waals surface area contributed by atoms with Gasteiger partial charge in [0.25, 0.3) is 0 Å². The monoisotopic (exact) mass is 277 g/mol. The predicted octanol–water partition coefficient (Wildman–Crippen LogP) is 1.02. The molecule has 20 heavy (non-hydrogen) atoms. The number of hydrogen-bond acceptors (Lipinski definition) is 5. The first kappa shape index (κ1) is 12.9. The first-order valence-corrected chi connectivity index (χ1v) is 6.46. The Balaban J connectivity index is 1.71. The van der Waals surface area contributed by atoms with Crippen LogP contribution >= 0.6 is 0 Å². The van der Waals surface area contributed by atoms with Crippen LogP contribution in [0.4, 0.5) is 4.79 Å². The highest BCUT2D eigenvalue weighted by molar-refractivity contribution is 5.67. The van der Waals surface area contributed by atoms with Gasteiger partial charge < -0.3 is 19.5 Å². The van der Waals surface area contributed by atoms with E-state index in [4.69, 9.17) is 14.6 Å². The number of hydrogen-bond donors (Lipinski definition) is 1. The van der Waals surface area contributed by atoms with Crippen molar-refractivity contribution in [3.8, 4) is 5.88 Å². The largest absolute Gasteiger partial charge is 0.469 e. The Morgan fingerprint density at radius 2 is 2.20 bits per heavy atom. The molecule has 3 rings (SSSR count). The molecule has 0 aliphatic carbocycles. The normalized spacial score (nSPS) is 19.2. The molecular formula is C13H15N3O4. The number of rotatable bonds is 3. The van der Waals surface area contributed by atoms with Gasteiger partial charge in [-0.2, -0.15) is 0 Å². The summed E-state index contributed by atoms with van der Waals surface area (Å²) in [6, 6.07) is 0. The summed E-state index contributed by atoms with van der Waals surface area (Å²) in [7, 11) is 0. The van der Waals surface area contributed by atoms with E-state index in [0.717, 1.165) is 17.7 Å². The van der Waals surface area contributed by atoms with Crippen LogP contribution in [-0.2, 0) is 4.74 Å². The molecule has 1 aromatic heterocycles. The second-order valence-electron chi connectivity index (χ2n) is 4.69. The fourth-order valence-corrected chi connectivity index (χ4v) is 2.20. The van der Waals surface area contributed by atoms with Crippen LogP contribution in [0.5, 0.6) is 5.88 Å². The summed E-state index contributed by atoms with van der Waals surface area (Å²) in [6.07, 6.45) is 4.89. The molecule has 1 fully saturated rings. The molecule has 1 N–H and O–H groups in total. The average molecular weight is 277 g/mol. The Hall–Kier alpha value is -2.15. The summed E-state index contributed by atoms with van der Waals surface area (Å²) in [5.74, 6) is 0.468. The summed E-state index contributed by atoms with van der Waals surface area (Å²) < 4.78 is 11.0. The van der Waals surface area contributed by atoms with Gasteiger partial charge in [-0.05, 0) is 12.0 Å². The molecule has 3 heterocycles. The van der Waals surface area contributed by atoms with Gasteiger partial charge >= 0.3 is 6.09 Å². The Labute approximate surface area is 115 Å². The lowest BCUT2D eigenvalue weighted by atomic mass is 10.1. The highest BCUT2D eigenvalue weighted by atomic mass is 16.5. The van der Waals surface area contributed by atoms with Crippen LogP contribution in [0.1, 0.15) is 12.1 Å². The minimum Gasteiger partial charge on any atom is -0.469 e. The zero-order chi connectivity index (χ0) is 13.9. The molecule has 2 aliphatic heterocycles. The summed E-state index contributed by atoms with van der Waals surface area (Å²) >= 11 is 0. The van der Waals surface area contributed by atoms with Crippen molar-refractivity contribution in [1.29, 1.82) is 0 Å². The first-order chi connectivity index (χ1) is 9.74. The summed E-state index contributed by atoms with van der Waals surface area (Å²) in [5, 5.41) is 8.79. The SMILES string of the molecule is O=C(O)N1CC(Oc2nccnc2C2=CCOCC2)C1. The third-order valence-electron chi connectivity index (χ3n) is 3.33. The number of ether oxygens (including phenoxy) is 2. The topological polar surface area (TPSA) is 84.8 Å². The van der Waals surface area contributed by atoms with E-state index in [1.54, 1.807) is 12.4 Å². The molecule has 2 aliphatic rings. The van der Waals surface area contributed by atoms with E-state index < -0.39 is 6.09 Å². The fraction of sp³-hybridized carbons (Fsp3) is 0.462. The molecule has 0 radical (unpaired) electrons. The number of carbonyl (C=O) groups is 1. The van der Waals surface area contributed by atoms with Crippen LogP contribution < -0.4 is 4.74 Å². The van der Waals surface area contributed by atoms with Crippen molar-refractivity contribution < 1.29 is 19.4 Å². The molecule has 0 unspecified atom stereocenters. The van der Waals surface area contributed by atoms with Gasteiger partial charge in [-0.25, -0.2) is 14.8 Å². The summed E-state index contributed by atoms with van der Waals surface area (Å²) in [4.78, 5) is 20.6. The molecule has 0 bridgehead atoms. The van der Waals surface area contributed by atoms with E-state index in [-0.39, 0.29) is 6.10 Å². The third kappa shape index (κ3) is 2.57. The van der Waals surface area contributed by atoms with Gasteiger partial charge in [0.2, 0.25) is 5.88 Å². The molecule has 1 aromatic rings. The van der Waals surface area contributed by atoms with Gasteiger partial charge in [0.1, 0.15) is 11.8 Å². The lowest BCUT2D eigenvalue weighted by molar-refractivity contribution is 0.0223. The van der Waals surface area contributed by atoms with E-state index in [1.165, 1.54) is 4.90 Å². The lowest BCUT2D eigenvalue weighted by Gasteiger charge is -2.36. The van der Waals surface area contributed by atoms with Gasteiger partial charge in [0.15, 0.2) is 0 Å². The minimum absolute atomic E-state index is 0.151. The quantitative estimate of drug-likeness (QED) is 0.888. The summed E-state index contributed by atoms with van der Waals surface area (Å²) in [6.45, 7) is 1.97. The molecule has 106 valence electrons. The first-order valence-electron chi connectivity index (χ1n) is 6.46. The van der Waals surface area contributed by atoms with Crippen LogP contribution in [0.15, 0.2) is 18.5 Å². The molecular weight excluding hydrogens is 262 g/mol. The molecule has 7 nitrogen and oxygen atoms in total. The number of amides is 1. The van der Waals surface area contributed by atoms with Crippen LogP contribution in [0.25, 0.3) is 5.57 Å². The van der Waals surface area contributed by atoms with Crippen LogP contribution in [-0.4, -0.2) is 58.5 Å². The number of aromatic nitrogens is 2. The maximum atomic E-state index is 10.7. The number of carboxylic acid groups (broad SMARTS) is 1.